The van der Waals surface area contributed by atoms with Crippen LogP contribution in [0.3, 0.4) is 0 Å². The van der Waals surface area contributed by atoms with E-state index < -0.39 is 0 Å². The highest BCUT2D eigenvalue weighted by Crippen LogP contribution is 2.30. The van der Waals surface area contributed by atoms with Crippen LogP contribution in [0.1, 0.15) is 19.8 Å². The van der Waals surface area contributed by atoms with Crippen molar-refractivity contribution in [3.63, 3.8) is 0 Å². The van der Waals surface area contributed by atoms with Crippen LogP contribution in [0.15, 0.2) is 12.7 Å². The molecule has 50 valence electrons. The van der Waals surface area contributed by atoms with E-state index in [1.165, 1.54) is 0 Å². The summed E-state index contributed by atoms with van der Waals surface area (Å²) in [6.45, 7) is 5.79. The zero-order valence-corrected chi connectivity index (χ0v) is 5.76. The lowest BCUT2D eigenvalue weighted by Gasteiger charge is -2.27. The van der Waals surface area contributed by atoms with Crippen molar-refractivity contribution in [2.75, 3.05) is 0 Å². The van der Waals surface area contributed by atoms with Crippen LogP contribution < -0.4 is 0 Å². The molecule has 0 radical (unpaired) electrons. The first-order valence-electron chi connectivity index (χ1n) is 3.38. The molecular formula is C8H12O. The molecule has 1 nitrogen and oxygen atoms in total. The number of carbonyl (C=O) groups is 1. The molecule has 0 amide bonds. The topological polar surface area (TPSA) is 17.1 Å². The Morgan fingerprint density at radius 2 is 2.33 bits per heavy atom. The summed E-state index contributed by atoms with van der Waals surface area (Å²) in [5, 5.41) is 0. The molecule has 0 N–H and O–H groups in total. The molecule has 1 fully saturated rings. The molecule has 1 saturated carbocycles. The Kier molecular flexibility index (Phi) is 1.70. The third-order valence-electron chi connectivity index (χ3n) is 2.10. The van der Waals surface area contributed by atoms with Crippen LogP contribution in [0, 0.1) is 11.8 Å². The van der Waals surface area contributed by atoms with Crippen molar-refractivity contribution >= 4 is 5.78 Å². The van der Waals surface area contributed by atoms with Gasteiger partial charge in [-0.25, -0.2) is 0 Å². The van der Waals surface area contributed by atoms with Crippen molar-refractivity contribution in [1.29, 1.82) is 0 Å². The van der Waals surface area contributed by atoms with Gasteiger partial charge in [0.1, 0.15) is 5.78 Å². The van der Waals surface area contributed by atoms with Crippen LogP contribution in [-0.2, 0) is 4.79 Å². The minimum absolute atomic E-state index is 0.411. The highest BCUT2D eigenvalue weighted by Gasteiger charge is 2.29. The SMILES string of the molecule is C=CC(C)C1CC(=O)C1. The average molecular weight is 124 g/mol. The van der Waals surface area contributed by atoms with Crippen molar-refractivity contribution in [2.45, 2.75) is 19.8 Å². The van der Waals surface area contributed by atoms with Crippen molar-refractivity contribution in [2.24, 2.45) is 11.8 Å². The van der Waals surface area contributed by atoms with Crippen LogP contribution in [0.4, 0.5) is 0 Å². The summed E-state index contributed by atoms with van der Waals surface area (Å²) >= 11 is 0. The van der Waals surface area contributed by atoms with Crippen molar-refractivity contribution in [3.05, 3.63) is 12.7 Å². The molecule has 0 heterocycles. The average Bonchev–Trinajstić information content (AvgIpc) is 1.79. The second-order valence-corrected chi connectivity index (χ2v) is 2.80. The van der Waals surface area contributed by atoms with E-state index in [1.807, 2.05) is 6.08 Å². The molecule has 1 aliphatic rings. The second-order valence-electron chi connectivity index (χ2n) is 2.80. The first-order chi connectivity index (χ1) is 4.24. The van der Waals surface area contributed by atoms with Gasteiger partial charge in [0.2, 0.25) is 0 Å². The van der Waals surface area contributed by atoms with Crippen molar-refractivity contribution in [1.82, 2.24) is 0 Å². The van der Waals surface area contributed by atoms with Crippen LogP contribution >= 0.6 is 0 Å². The smallest absolute Gasteiger partial charge is 0.133 e. The molecule has 1 atom stereocenters. The minimum Gasteiger partial charge on any atom is -0.300 e. The molecule has 9 heavy (non-hydrogen) atoms. The van der Waals surface area contributed by atoms with Gasteiger partial charge in [0.05, 0.1) is 0 Å². The summed E-state index contributed by atoms with van der Waals surface area (Å²) < 4.78 is 0. The number of ketones is 1. The zero-order chi connectivity index (χ0) is 6.85. The molecule has 1 rings (SSSR count). The van der Waals surface area contributed by atoms with Gasteiger partial charge in [0.15, 0.2) is 0 Å². The predicted octanol–water partition coefficient (Wildman–Crippen LogP) is 1.79. The standard InChI is InChI=1S/C8H12O/c1-3-6(2)7-4-8(9)5-7/h3,6-7H,1,4-5H2,2H3. The van der Waals surface area contributed by atoms with Gasteiger partial charge in [-0.05, 0) is 11.8 Å². The first kappa shape index (κ1) is 6.53. The maximum absolute atomic E-state index is 10.5. The van der Waals surface area contributed by atoms with Gasteiger partial charge in [-0.1, -0.05) is 13.0 Å². The van der Waals surface area contributed by atoms with Crippen LogP contribution in [0.2, 0.25) is 0 Å². The Morgan fingerprint density at radius 3 is 2.67 bits per heavy atom. The highest BCUT2D eigenvalue weighted by atomic mass is 16.1. The van der Waals surface area contributed by atoms with Gasteiger partial charge in [-0.2, -0.15) is 0 Å². The van der Waals surface area contributed by atoms with Crippen LogP contribution in [0.5, 0.6) is 0 Å². The zero-order valence-electron chi connectivity index (χ0n) is 5.76. The van der Waals surface area contributed by atoms with Gasteiger partial charge < -0.3 is 0 Å². The Hall–Kier alpha value is -0.590. The summed E-state index contributed by atoms with van der Waals surface area (Å²) in [5.41, 5.74) is 0. The fraction of sp³-hybridized carbons (Fsp3) is 0.625. The molecule has 0 aromatic carbocycles. The van der Waals surface area contributed by atoms with Crippen LogP contribution in [-0.4, -0.2) is 5.78 Å². The molecule has 1 unspecified atom stereocenters. The normalized spacial score (nSPS) is 23.0. The van der Waals surface area contributed by atoms with Gasteiger partial charge >= 0.3 is 0 Å². The third kappa shape index (κ3) is 1.21. The van der Waals surface area contributed by atoms with E-state index in [1.54, 1.807) is 0 Å². The lowest BCUT2D eigenvalue weighted by molar-refractivity contribution is -0.127. The molecule has 0 aliphatic heterocycles. The van der Waals surface area contributed by atoms with E-state index in [9.17, 15) is 4.79 Å². The summed E-state index contributed by atoms with van der Waals surface area (Å²) in [6, 6.07) is 0. The summed E-state index contributed by atoms with van der Waals surface area (Å²) in [7, 11) is 0. The molecular weight excluding hydrogens is 112 g/mol. The Labute approximate surface area is 55.8 Å². The molecule has 0 spiro atoms. The number of rotatable bonds is 2. The predicted molar refractivity (Wildman–Crippen MR) is 37.1 cm³/mol. The number of hydrogen-bond donors (Lipinski definition) is 0. The van der Waals surface area contributed by atoms with E-state index in [-0.39, 0.29) is 0 Å². The molecule has 0 saturated heterocycles. The monoisotopic (exact) mass is 124 g/mol. The first-order valence-corrected chi connectivity index (χ1v) is 3.38. The van der Waals surface area contributed by atoms with Crippen molar-refractivity contribution < 1.29 is 4.79 Å². The molecule has 0 aromatic rings. The maximum Gasteiger partial charge on any atom is 0.133 e. The summed E-state index contributed by atoms with van der Waals surface area (Å²) in [6.07, 6.45) is 3.50. The number of Topliss-reactive ketones (excluding diaryl/α,β-unsaturated/α-hetero) is 1. The third-order valence-corrected chi connectivity index (χ3v) is 2.10. The van der Waals surface area contributed by atoms with Crippen LogP contribution in [0.25, 0.3) is 0 Å². The summed E-state index contributed by atoms with van der Waals surface area (Å²) in [5.74, 6) is 1.55. The fourth-order valence-electron chi connectivity index (χ4n) is 1.09. The number of allylic oxidation sites excluding steroid dienone is 1. The highest BCUT2D eigenvalue weighted by molar-refractivity contribution is 5.84. The van der Waals surface area contributed by atoms with Gasteiger partial charge in [0.25, 0.3) is 0 Å². The van der Waals surface area contributed by atoms with E-state index >= 15 is 0 Å². The van der Waals surface area contributed by atoms with Gasteiger partial charge in [-0.15, -0.1) is 6.58 Å². The van der Waals surface area contributed by atoms with E-state index in [4.69, 9.17) is 0 Å². The maximum atomic E-state index is 10.5. The van der Waals surface area contributed by atoms with E-state index in [0.717, 1.165) is 12.8 Å². The lowest BCUT2D eigenvalue weighted by atomic mass is 9.76. The number of hydrogen-bond acceptors (Lipinski definition) is 1. The van der Waals surface area contributed by atoms with Gasteiger partial charge in [-0.3, -0.25) is 4.79 Å². The lowest BCUT2D eigenvalue weighted by Crippen LogP contribution is -2.27. The van der Waals surface area contributed by atoms with Crippen molar-refractivity contribution in [3.8, 4) is 0 Å². The fourth-order valence-corrected chi connectivity index (χ4v) is 1.09. The Morgan fingerprint density at radius 1 is 1.78 bits per heavy atom. The Bertz CT molecular complexity index is 130. The molecule has 1 heteroatoms. The van der Waals surface area contributed by atoms with E-state index in [2.05, 4.69) is 13.5 Å². The summed E-state index contributed by atoms with van der Waals surface area (Å²) in [4.78, 5) is 10.5. The van der Waals surface area contributed by atoms with Gasteiger partial charge in [0, 0.05) is 12.8 Å². The molecule has 0 aromatic heterocycles. The molecule has 0 bridgehead atoms. The Balaban J connectivity index is 2.30. The van der Waals surface area contributed by atoms with E-state index in [0.29, 0.717) is 17.6 Å². The minimum atomic E-state index is 0.411. The second kappa shape index (κ2) is 2.34. The number of carbonyl (C=O) groups excluding carboxylic acids is 1. The quantitative estimate of drug-likeness (QED) is 0.513. The molecule has 1 aliphatic carbocycles. The largest absolute Gasteiger partial charge is 0.300 e.